The van der Waals surface area contributed by atoms with Crippen LogP contribution in [0.1, 0.15) is 59.3 Å². The molecule has 2 aliphatic rings. The lowest BCUT2D eigenvalue weighted by molar-refractivity contribution is 0.00704. The summed E-state index contributed by atoms with van der Waals surface area (Å²) in [7, 11) is 0. The summed E-state index contributed by atoms with van der Waals surface area (Å²) in [5.41, 5.74) is 9.26. The molecule has 108 valence electrons. The molecule has 4 heteroatoms. The molecule has 1 aliphatic heterocycles. The summed E-state index contributed by atoms with van der Waals surface area (Å²) >= 11 is 0. The van der Waals surface area contributed by atoms with E-state index in [0.717, 1.165) is 18.9 Å². The van der Waals surface area contributed by atoms with Gasteiger partial charge in [0.1, 0.15) is 0 Å². The van der Waals surface area contributed by atoms with E-state index in [2.05, 4.69) is 30.8 Å². The second-order valence-corrected chi connectivity index (χ2v) is 7.00. The van der Waals surface area contributed by atoms with Crippen molar-refractivity contribution < 1.29 is 4.74 Å². The Bertz CT molecular complexity index is 352. The van der Waals surface area contributed by atoms with Gasteiger partial charge in [-0.05, 0) is 54.4 Å². The largest absolute Gasteiger partial charge is 0.377 e. The van der Waals surface area contributed by atoms with Crippen LogP contribution in [0.3, 0.4) is 0 Å². The number of rotatable bonds is 4. The second kappa shape index (κ2) is 5.72. The minimum absolute atomic E-state index is 0.161. The summed E-state index contributed by atoms with van der Waals surface area (Å²) in [6.07, 6.45) is 7.66. The fourth-order valence-electron chi connectivity index (χ4n) is 3.93. The number of nitrogens with zero attached hydrogens (tertiary/aromatic N) is 3. The molecule has 1 atom stereocenters. The fraction of sp³-hybridized carbons (Fsp3) is 1.00. The molecule has 1 saturated heterocycles. The van der Waals surface area contributed by atoms with Crippen molar-refractivity contribution >= 4 is 0 Å². The number of hydrogen-bond acceptors (Lipinski definition) is 2. The van der Waals surface area contributed by atoms with E-state index in [-0.39, 0.29) is 6.10 Å². The Kier molecular flexibility index (Phi) is 4.42. The standard InChI is InChI=1S/C15H27N3O/c1-4-14(2,3)12-5-7-15(8-6-12)9-10-19-13(15)11-17-18-16/h12-13H,4-11H2,1-3H3. The highest BCUT2D eigenvalue weighted by Gasteiger charge is 2.47. The zero-order valence-electron chi connectivity index (χ0n) is 12.6. The normalized spacial score (nSPS) is 35.3. The molecule has 4 nitrogen and oxygen atoms in total. The molecule has 2 rings (SSSR count). The summed E-state index contributed by atoms with van der Waals surface area (Å²) in [6.45, 7) is 8.45. The molecule has 1 heterocycles. The molecule has 0 aromatic rings. The van der Waals surface area contributed by atoms with Gasteiger partial charge in [-0.15, -0.1) is 0 Å². The summed E-state index contributed by atoms with van der Waals surface area (Å²) in [5.74, 6) is 0.837. The van der Waals surface area contributed by atoms with Crippen molar-refractivity contribution in [2.45, 2.75) is 65.4 Å². The smallest absolute Gasteiger partial charge is 0.0688 e. The Labute approximate surface area is 116 Å². The molecule has 1 spiro atoms. The van der Waals surface area contributed by atoms with Crippen molar-refractivity contribution in [3.8, 4) is 0 Å². The number of hydrogen-bond donors (Lipinski definition) is 0. The van der Waals surface area contributed by atoms with Crippen LogP contribution in [0.25, 0.3) is 10.4 Å². The lowest BCUT2D eigenvalue weighted by Crippen LogP contribution is -2.39. The topological polar surface area (TPSA) is 58.0 Å². The third-order valence-electron chi connectivity index (χ3n) is 5.91. The van der Waals surface area contributed by atoms with E-state index in [1.807, 2.05) is 0 Å². The Morgan fingerprint density at radius 1 is 1.32 bits per heavy atom. The molecular formula is C15H27N3O. The van der Waals surface area contributed by atoms with E-state index in [1.165, 1.54) is 32.1 Å². The van der Waals surface area contributed by atoms with E-state index in [4.69, 9.17) is 10.3 Å². The van der Waals surface area contributed by atoms with Crippen LogP contribution < -0.4 is 0 Å². The molecule has 0 amide bonds. The van der Waals surface area contributed by atoms with E-state index in [1.54, 1.807) is 0 Å². The minimum Gasteiger partial charge on any atom is -0.377 e. The van der Waals surface area contributed by atoms with E-state index in [9.17, 15) is 0 Å². The Morgan fingerprint density at radius 3 is 2.58 bits per heavy atom. The van der Waals surface area contributed by atoms with Gasteiger partial charge in [-0.3, -0.25) is 0 Å². The summed E-state index contributed by atoms with van der Waals surface area (Å²) in [6, 6.07) is 0. The first-order chi connectivity index (χ1) is 9.04. The molecule has 0 aromatic heterocycles. The Hall–Kier alpha value is -0.730. The van der Waals surface area contributed by atoms with Gasteiger partial charge in [-0.1, -0.05) is 32.3 Å². The molecule has 1 unspecified atom stereocenters. The van der Waals surface area contributed by atoms with Gasteiger partial charge in [0, 0.05) is 11.5 Å². The number of azide groups is 1. The van der Waals surface area contributed by atoms with Crippen LogP contribution in [-0.2, 0) is 4.74 Å². The Morgan fingerprint density at radius 2 is 2.00 bits per heavy atom. The predicted octanol–water partition coefficient (Wildman–Crippen LogP) is 4.70. The van der Waals surface area contributed by atoms with Crippen molar-refractivity contribution in [2.24, 2.45) is 21.9 Å². The van der Waals surface area contributed by atoms with Gasteiger partial charge in [0.05, 0.1) is 12.6 Å². The molecule has 19 heavy (non-hydrogen) atoms. The quantitative estimate of drug-likeness (QED) is 0.413. The first-order valence-electron chi connectivity index (χ1n) is 7.66. The highest BCUT2D eigenvalue weighted by atomic mass is 16.5. The van der Waals surface area contributed by atoms with Gasteiger partial charge in [-0.25, -0.2) is 0 Å². The maximum Gasteiger partial charge on any atom is 0.0688 e. The van der Waals surface area contributed by atoms with Crippen LogP contribution in [0, 0.1) is 16.7 Å². The van der Waals surface area contributed by atoms with E-state index in [0.29, 0.717) is 17.4 Å². The molecular weight excluding hydrogens is 238 g/mol. The third-order valence-corrected chi connectivity index (χ3v) is 5.91. The van der Waals surface area contributed by atoms with Crippen molar-refractivity contribution in [1.82, 2.24) is 0 Å². The van der Waals surface area contributed by atoms with Crippen molar-refractivity contribution in [3.05, 3.63) is 10.4 Å². The zero-order chi connectivity index (χ0) is 13.9. The van der Waals surface area contributed by atoms with Crippen LogP contribution in [-0.4, -0.2) is 19.3 Å². The number of ether oxygens (including phenoxy) is 1. The van der Waals surface area contributed by atoms with Gasteiger partial charge in [0.25, 0.3) is 0 Å². The zero-order valence-corrected chi connectivity index (χ0v) is 12.6. The average Bonchev–Trinajstić information content (AvgIpc) is 2.79. The third kappa shape index (κ3) is 2.90. The summed E-state index contributed by atoms with van der Waals surface area (Å²) in [5, 5.41) is 3.74. The van der Waals surface area contributed by atoms with Crippen molar-refractivity contribution in [1.29, 1.82) is 0 Å². The first kappa shape index (κ1) is 14.7. The van der Waals surface area contributed by atoms with E-state index < -0.39 is 0 Å². The van der Waals surface area contributed by atoms with Gasteiger partial charge >= 0.3 is 0 Å². The molecule has 0 bridgehead atoms. The van der Waals surface area contributed by atoms with Crippen LogP contribution in [0.5, 0.6) is 0 Å². The summed E-state index contributed by atoms with van der Waals surface area (Å²) in [4.78, 5) is 2.89. The molecule has 2 fully saturated rings. The second-order valence-electron chi connectivity index (χ2n) is 7.00. The van der Waals surface area contributed by atoms with Crippen LogP contribution >= 0.6 is 0 Å². The molecule has 0 radical (unpaired) electrons. The average molecular weight is 265 g/mol. The van der Waals surface area contributed by atoms with Gasteiger partial charge in [-0.2, -0.15) is 0 Å². The molecule has 0 N–H and O–H groups in total. The van der Waals surface area contributed by atoms with Gasteiger partial charge < -0.3 is 4.74 Å². The van der Waals surface area contributed by atoms with Gasteiger partial charge in [0.15, 0.2) is 0 Å². The predicted molar refractivity (Wildman–Crippen MR) is 76.8 cm³/mol. The SMILES string of the molecule is CCC(C)(C)C1CCC2(CCOC2CN=[N+]=[N-])CC1. The lowest BCUT2D eigenvalue weighted by Gasteiger charge is -2.45. The minimum atomic E-state index is 0.161. The van der Waals surface area contributed by atoms with Crippen LogP contribution in [0.15, 0.2) is 5.11 Å². The van der Waals surface area contributed by atoms with Crippen LogP contribution in [0.2, 0.25) is 0 Å². The van der Waals surface area contributed by atoms with Gasteiger partial charge in [0.2, 0.25) is 0 Å². The highest BCUT2D eigenvalue weighted by Crippen LogP contribution is 2.52. The Balaban J connectivity index is 1.99. The molecule has 1 saturated carbocycles. The van der Waals surface area contributed by atoms with Crippen LogP contribution in [0.4, 0.5) is 0 Å². The lowest BCUT2D eigenvalue weighted by atomic mass is 9.61. The fourth-order valence-corrected chi connectivity index (χ4v) is 3.93. The first-order valence-corrected chi connectivity index (χ1v) is 7.66. The monoisotopic (exact) mass is 265 g/mol. The maximum atomic E-state index is 8.50. The van der Waals surface area contributed by atoms with E-state index >= 15 is 0 Å². The molecule has 0 aromatic carbocycles. The van der Waals surface area contributed by atoms with Crippen molar-refractivity contribution in [2.75, 3.05) is 13.2 Å². The summed E-state index contributed by atoms with van der Waals surface area (Å²) < 4.78 is 5.83. The van der Waals surface area contributed by atoms with Crippen molar-refractivity contribution in [3.63, 3.8) is 0 Å². The maximum absolute atomic E-state index is 8.50. The highest BCUT2D eigenvalue weighted by molar-refractivity contribution is 4.98. The molecule has 1 aliphatic carbocycles.